The molecule has 0 unspecified atom stereocenters. The van der Waals surface area contributed by atoms with Crippen LogP contribution in [0.5, 0.6) is 0 Å². The molecule has 1 aromatic heterocycles. The smallest absolute Gasteiger partial charge is 0.254 e. The van der Waals surface area contributed by atoms with Crippen molar-refractivity contribution in [1.82, 2.24) is 10.3 Å². The lowest BCUT2D eigenvalue weighted by molar-refractivity contribution is -0.119. The predicted octanol–water partition coefficient (Wildman–Crippen LogP) is 1.93. The minimum absolute atomic E-state index is 0.203. The van der Waals surface area contributed by atoms with E-state index in [1.54, 1.807) is 48.7 Å². The number of nitriles is 1. The molecule has 0 saturated heterocycles. The summed E-state index contributed by atoms with van der Waals surface area (Å²) in [5.41, 5.74) is 7.61. The lowest BCUT2D eigenvalue weighted by atomic mass is 10.0. The average molecular weight is 344 g/mol. The molecule has 0 aliphatic carbocycles. The van der Waals surface area contributed by atoms with Gasteiger partial charge in [0, 0.05) is 18.0 Å². The van der Waals surface area contributed by atoms with Crippen molar-refractivity contribution in [3.63, 3.8) is 0 Å². The first kappa shape index (κ1) is 17.1. The molecule has 2 aromatic carbocycles. The van der Waals surface area contributed by atoms with Gasteiger partial charge in [-0.2, -0.15) is 5.26 Å². The van der Waals surface area contributed by atoms with Gasteiger partial charge in [-0.1, -0.05) is 30.3 Å². The summed E-state index contributed by atoms with van der Waals surface area (Å²) in [4.78, 5) is 28.7. The molecule has 1 heterocycles. The molecular formula is C20H16N4O2. The van der Waals surface area contributed by atoms with Crippen molar-refractivity contribution in [3.05, 3.63) is 77.5 Å². The number of para-hydroxylation sites is 1. The standard InChI is InChI=1S/C20H16N4O2/c21-12-14-5-1-4-13(10-14)11-17(19(22)25)24-20(26)16-8-2-6-15-7-3-9-23-18(15)16/h1-10,17H,11H2,(H2,22,25)(H,24,26)/t17-/m1/s1. The Labute approximate surface area is 150 Å². The SMILES string of the molecule is N#Cc1cccc(C[C@@H](NC(=O)c2cccc3cccnc23)C(N)=O)c1. The molecule has 0 saturated carbocycles. The van der Waals surface area contributed by atoms with E-state index in [-0.39, 0.29) is 6.42 Å². The molecule has 0 aliphatic rings. The van der Waals surface area contributed by atoms with Gasteiger partial charge in [-0.25, -0.2) is 0 Å². The number of benzene rings is 2. The molecule has 0 aliphatic heterocycles. The van der Waals surface area contributed by atoms with Gasteiger partial charge in [0.2, 0.25) is 5.91 Å². The fraction of sp³-hybridized carbons (Fsp3) is 0.100. The number of fused-ring (bicyclic) bond motifs is 1. The van der Waals surface area contributed by atoms with Crippen molar-refractivity contribution in [2.75, 3.05) is 0 Å². The number of primary amides is 1. The number of rotatable bonds is 5. The van der Waals surface area contributed by atoms with Gasteiger partial charge in [-0.05, 0) is 29.8 Å². The minimum atomic E-state index is -0.893. The molecule has 0 fully saturated rings. The van der Waals surface area contributed by atoms with Crippen LogP contribution in [0.1, 0.15) is 21.5 Å². The predicted molar refractivity (Wildman–Crippen MR) is 97.1 cm³/mol. The summed E-state index contributed by atoms with van der Waals surface area (Å²) in [5.74, 6) is -1.07. The second kappa shape index (κ2) is 7.45. The zero-order chi connectivity index (χ0) is 18.5. The number of carbonyl (C=O) groups excluding carboxylic acids is 2. The summed E-state index contributed by atoms with van der Waals surface area (Å²) >= 11 is 0. The molecular weight excluding hydrogens is 328 g/mol. The second-order valence-corrected chi connectivity index (χ2v) is 5.83. The third-order valence-corrected chi connectivity index (χ3v) is 4.02. The quantitative estimate of drug-likeness (QED) is 0.737. The summed E-state index contributed by atoms with van der Waals surface area (Å²) < 4.78 is 0. The molecule has 3 rings (SSSR count). The number of aromatic nitrogens is 1. The van der Waals surface area contributed by atoms with Gasteiger partial charge in [-0.3, -0.25) is 14.6 Å². The minimum Gasteiger partial charge on any atom is -0.368 e. The summed E-state index contributed by atoms with van der Waals surface area (Å²) in [5, 5.41) is 12.5. The first-order valence-electron chi connectivity index (χ1n) is 8.01. The number of amides is 2. The number of nitrogens with two attached hydrogens (primary N) is 1. The molecule has 6 nitrogen and oxygen atoms in total. The number of nitrogens with zero attached hydrogens (tertiary/aromatic N) is 2. The van der Waals surface area contributed by atoms with Gasteiger partial charge >= 0.3 is 0 Å². The largest absolute Gasteiger partial charge is 0.368 e. The zero-order valence-corrected chi connectivity index (χ0v) is 13.8. The van der Waals surface area contributed by atoms with Gasteiger partial charge < -0.3 is 11.1 Å². The van der Waals surface area contributed by atoms with Crippen molar-refractivity contribution in [2.24, 2.45) is 5.73 Å². The van der Waals surface area contributed by atoms with E-state index in [1.807, 2.05) is 18.2 Å². The third kappa shape index (κ3) is 3.68. The molecule has 1 atom stereocenters. The van der Waals surface area contributed by atoms with Crippen molar-refractivity contribution >= 4 is 22.7 Å². The number of pyridine rings is 1. The first-order chi connectivity index (χ1) is 12.6. The summed E-state index contributed by atoms with van der Waals surface area (Å²) in [6.07, 6.45) is 1.81. The number of hydrogen-bond acceptors (Lipinski definition) is 4. The molecule has 6 heteroatoms. The Kier molecular flexibility index (Phi) is 4.90. The lowest BCUT2D eigenvalue weighted by Gasteiger charge is -2.16. The van der Waals surface area contributed by atoms with Gasteiger partial charge in [0.15, 0.2) is 0 Å². The van der Waals surface area contributed by atoms with Crippen molar-refractivity contribution in [2.45, 2.75) is 12.5 Å². The molecule has 3 N–H and O–H groups in total. The molecule has 128 valence electrons. The van der Waals surface area contributed by atoms with Gasteiger partial charge in [0.05, 0.1) is 22.7 Å². The molecule has 2 amide bonds. The topological polar surface area (TPSA) is 109 Å². The molecule has 3 aromatic rings. The normalized spacial score (nSPS) is 11.5. The van der Waals surface area contributed by atoms with Gasteiger partial charge in [0.25, 0.3) is 5.91 Å². The van der Waals surface area contributed by atoms with E-state index in [1.165, 1.54) is 0 Å². The molecule has 0 spiro atoms. The van der Waals surface area contributed by atoms with Crippen molar-refractivity contribution in [3.8, 4) is 6.07 Å². The van der Waals surface area contributed by atoms with E-state index in [4.69, 9.17) is 11.0 Å². The van der Waals surface area contributed by atoms with Crippen molar-refractivity contribution in [1.29, 1.82) is 5.26 Å². The maximum Gasteiger partial charge on any atom is 0.254 e. The van der Waals surface area contributed by atoms with Gasteiger partial charge in [0.1, 0.15) is 6.04 Å². The van der Waals surface area contributed by atoms with E-state index in [0.717, 1.165) is 10.9 Å². The van der Waals surface area contributed by atoms with Crippen LogP contribution in [-0.4, -0.2) is 22.8 Å². The van der Waals surface area contributed by atoms with E-state index in [0.29, 0.717) is 16.6 Å². The fourth-order valence-corrected chi connectivity index (χ4v) is 2.75. The van der Waals surface area contributed by atoms with Crippen LogP contribution >= 0.6 is 0 Å². The maximum atomic E-state index is 12.7. The van der Waals surface area contributed by atoms with Crippen LogP contribution in [-0.2, 0) is 11.2 Å². The Morgan fingerprint density at radius 1 is 1.15 bits per heavy atom. The number of nitrogens with one attached hydrogen (secondary N) is 1. The van der Waals surface area contributed by atoms with Crippen LogP contribution in [0.15, 0.2) is 60.8 Å². The zero-order valence-electron chi connectivity index (χ0n) is 13.8. The van der Waals surface area contributed by atoms with Crippen LogP contribution in [0.4, 0.5) is 0 Å². The van der Waals surface area contributed by atoms with Gasteiger partial charge in [-0.15, -0.1) is 0 Å². The van der Waals surface area contributed by atoms with E-state index in [9.17, 15) is 9.59 Å². The second-order valence-electron chi connectivity index (χ2n) is 5.83. The Bertz CT molecular complexity index is 1020. The lowest BCUT2D eigenvalue weighted by Crippen LogP contribution is -2.45. The third-order valence-electron chi connectivity index (χ3n) is 4.02. The summed E-state index contributed by atoms with van der Waals surface area (Å²) in [7, 11) is 0. The molecule has 0 bridgehead atoms. The maximum absolute atomic E-state index is 12.7. The first-order valence-corrected chi connectivity index (χ1v) is 8.01. The van der Waals surface area contributed by atoms with E-state index in [2.05, 4.69) is 10.3 Å². The highest BCUT2D eigenvalue weighted by molar-refractivity contribution is 6.06. The van der Waals surface area contributed by atoms with Crippen LogP contribution < -0.4 is 11.1 Å². The number of carbonyl (C=O) groups is 2. The Balaban J connectivity index is 1.84. The Hall–Kier alpha value is -3.72. The van der Waals surface area contributed by atoms with E-state index < -0.39 is 17.9 Å². The van der Waals surface area contributed by atoms with Crippen LogP contribution in [0.25, 0.3) is 10.9 Å². The molecule has 0 radical (unpaired) electrons. The Morgan fingerprint density at radius 3 is 2.69 bits per heavy atom. The monoisotopic (exact) mass is 344 g/mol. The van der Waals surface area contributed by atoms with E-state index >= 15 is 0 Å². The Morgan fingerprint density at radius 2 is 1.92 bits per heavy atom. The highest BCUT2D eigenvalue weighted by Gasteiger charge is 2.21. The van der Waals surface area contributed by atoms with Crippen LogP contribution in [0, 0.1) is 11.3 Å². The summed E-state index contributed by atoms with van der Waals surface area (Å²) in [6, 6.07) is 16.9. The van der Waals surface area contributed by atoms with Crippen LogP contribution in [0.3, 0.4) is 0 Å². The highest BCUT2D eigenvalue weighted by Crippen LogP contribution is 2.16. The van der Waals surface area contributed by atoms with Crippen molar-refractivity contribution < 1.29 is 9.59 Å². The average Bonchev–Trinajstić information content (AvgIpc) is 2.67. The van der Waals surface area contributed by atoms with Crippen LogP contribution in [0.2, 0.25) is 0 Å². The molecule has 26 heavy (non-hydrogen) atoms. The number of hydrogen-bond donors (Lipinski definition) is 2. The fourth-order valence-electron chi connectivity index (χ4n) is 2.75. The summed E-state index contributed by atoms with van der Waals surface area (Å²) in [6.45, 7) is 0. The highest BCUT2D eigenvalue weighted by atomic mass is 16.2.